The van der Waals surface area contributed by atoms with Gasteiger partial charge in [0.05, 0.1) is 7.11 Å². The monoisotopic (exact) mass is 268 g/mol. The highest BCUT2D eigenvalue weighted by molar-refractivity contribution is 5.77. The van der Waals surface area contributed by atoms with E-state index in [-0.39, 0.29) is 18.0 Å². The van der Waals surface area contributed by atoms with Gasteiger partial charge in [-0.25, -0.2) is 0 Å². The summed E-state index contributed by atoms with van der Waals surface area (Å²) < 4.78 is 15.3. The van der Waals surface area contributed by atoms with Crippen LogP contribution in [0.4, 0.5) is 0 Å². The molecule has 19 heavy (non-hydrogen) atoms. The van der Waals surface area contributed by atoms with E-state index in [9.17, 15) is 4.79 Å². The van der Waals surface area contributed by atoms with E-state index in [4.69, 9.17) is 14.0 Å². The van der Waals surface area contributed by atoms with Gasteiger partial charge < -0.3 is 14.0 Å². The maximum atomic E-state index is 12.0. The summed E-state index contributed by atoms with van der Waals surface area (Å²) in [4.78, 5) is 16.3. The second kappa shape index (κ2) is 6.14. The lowest BCUT2D eigenvalue weighted by Crippen LogP contribution is -2.22. The molecule has 6 heteroatoms. The van der Waals surface area contributed by atoms with Crippen LogP contribution in [0.1, 0.15) is 56.3 Å². The van der Waals surface area contributed by atoms with Crippen LogP contribution in [0.3, 0.4) is 0 Å². The minimum absolute atomic E-state index is 0.235. The van der Waals surface area contributed by atoms with E-state index in [0.717, 1.165) is 25.7 Å². The maximum Gasteiger partial charge on any atom is 0.318 e. The lowest BCUT2D eigenvalue weighted by molar-refractivity contribution is -0.144. The van der Waals surface area contributed by atoms with Gasteiger partial charge in [0, 0.05) is 7.11 Å². The number of aromatic nitrogens is 2. The molecule has 2 rings (SSSR count). The van der Waals surface area contributed by atoms with Crippen molar-refractivity contribution < 1.29 is 18.8 Å². The van der Waals surface area contributed by atoms with Crippen LogP contribution in [-0.2, 0) is 14.3 Å². The number of carbonyl (C=O) groups excluding carboxylic acids is 1. The summed E-state index contributed by atoms with van der Waals surface area (Å²) in [5, 5.41) is 3.88. The summed E-state index contributed by atoms with van der Waals surface area (Å²) in [5.41, 5.74) is 0. The normalized spacial score (nSPS) is 19.3. The Labute approximate surface area is 112 Å². The van der Waals surface area contributed by atoms with E-state index < -0.39 is 5.92 Å². The molecule has 1 fully saturated rings. The summed E-state index contributed by atoms with van der Waals surface area (Å²) in [6.45, 7) is 1.83. The van der Waals surface area contributed by atoms with Crippen molar-refractivity contribution in [1.29, 1.82) is 0 Å². The number of esters is 1. The molecule has 0 aliphatic heterocycles. The topological polar surface area (TPSA) is 74.5 Å². The Bertz CT molecular complexity index is 426. The number of hydrogen-bond donors (Lipinski definition) is 0. The number of rotatable bonds is 5. The van der Waals surface area contributed by atoms with Crippen molar-refractivity contribution in [2.45, 2.75) is 44.6 Å². The molecule has 1 saturated carbocycles. The Morgan fingerprint density at radius 1 is 1.37 bits per heavy atom. The molecule has 1 aromatic rings. The second-order valence-corrected chi connectivity index (χ2v) is 4.91. The van der Waals surface area contributed by atoms with E-state index in [0.29, 0.717) is 11.7 Å². The van der Waals surface area contributed by atoms with Crippen molar-refractivity contribution in [3.63, 3.8) is 0 Å². The Morgan fingerprint density at radius 3 is 2.63 bits per heavy atom. The molecule has 1 heterocycles. The van der Waals surface area contributed by atoms with Crippen LogP contribution in [0.5, 0.6) is 0 Å². The lowest BCUT2D eigenvalue weighted by Gasteiger charge is -2.16. The second-order valence-electron chi connectivity index (χ2n) is 4.91. The Balaban J connectivity index is 2.22. The molecule has 1 aliphatic carbocycles. The average Bonchev–Trinajstić information content (AvgIpc) is 3.09. The van der Waals surface area contributed by atoms with Gasteiger partial charge in [0.2, 0.25) is 5.89 Å². The highest BCUT2D eigenvalue weighted by Crippen LogP contribution is 2.37. The van der Waals surface area contributed by atoms with Crippen molar-refractivity contribution in [2.75, 3.05) is 14.2 Å². The minimum Gasteiger partial charge on any atom is -0.468 e. The molecule has 6 nitrogen and oxygen atoms in total. The molecule has 0 aromatic carbocycles. The van der Waals surface area contributed by atoms with Gasteiger partial charge in [-0.05, 0) is 25.7 Å². The van der Waals surface area contributed by atoms with E-state index in [1.54, 1.807) is 7.11 Å². The zero-order valence-electron chi connectivity index (χ0n) is 11.6. The Morgan fingerprint density at radius 2 is 2.05 bits per heavy atom. The number of methoxy groups -OCH3 is 2. The van der Waals surface area contributed by atoms with Gasteiger partial charge in [-0.1, -0.05) is 18.0 Å². The summed E-state index contributed by atoms with van der Waals surface area (Å²) in [6, 6.07) is 0. The molecule has 0 N–H and O–H groups in total. The van der Waals surface area contributed by atoms with Gasteiger partial charge in [-0.3, -0.25) is 4.79 Å². The molecule has 2 atom stereocenters. The fraction of sp³-hybridized carbons (Fsp3) is 0.769. The maximum absolute atomic E-state index is 12.0. The summed E-state index contributed by atoms with van der Waals surface area (Å²) in [5.74, 6) is 0.297. The quantitative estimate of drug-likeness (QED) is 0.762. The van der Waals surface area contributed by atoms with Gasteiger partial charge in [0.15, 0.2) is 5.82 Å². The zero-order valence-corrected chi connectivity index (χ0v) is 11.6. The first kappa shape index (κ1) is 14.0. The Hall–Kier alpha value is -1.43. The van der Waals surface area contributed by atoms with E-state index in [1.165, 1.54) is 7.11 Å². The van der Waals surface area contributed by atoms with Gasteiger partial charge in [0.25, 0.3) is 0 Å². The van der Waals surface area contributed by atoms with Gasteiger partial charge in [0.1, 0.15) is 12.0 Å². The van der Waals surface area contributed by atoms with Crippen molar-refractivity contribution >= 4 is 5.97 Å². The van der Waals surface area contributed by atoms with Crippen LogP contribution in [0.2, 0.25) is 0 Å². The van der Waals surface area contributed by atoms with Gasteiger partial charge >= 0.3 is 5.97 Å². The number of nitrogens with zero attached hydrogens (tertiary/aromatic N) is 2. The van der Waals surface area contributed by atoms with Crippen LogP contribution in [0.15, 0.2) is 4.52 Å². The highest BCUT2D eigenvalue weighted by Gasteiger charge is 2.37. The van der Waals surface area contributed by atoms with Crippen molar-refractivity contribution in [3.8, 4) is 0 Å². The van der Waals surface area contributed by atoms with E-state index >= 15 is 0 Å². The number of hydrogen-bond acceptors (Lipinski definition) is 6. The summed E-state index contributed by atoms with van der Waals surface area (Å²) >= 11 is 0. The third kappa shape index (κ3) is 2.94. The Kier molecular flexibility index (Phi) is 4.52. The molecule has 2 unspecified atom stereocenters. The molecular weight excluding hydrogens is 248 g/mol. The van der Waals surface area contributed by atoms with Crippen LogP contribution in [-0.4, -0.2) is 30.3 Å². The molecule has 0 saturated heterocycles. The van der Waals surface area contributed by atoms with Gasteiger partial charge in [-0.2, -0.15) is 4.98 Å². The standard InChI is InChI=1S/C13H20N2O4/c1-8(17-2)11-14-12(19-15-11)10(13(16)18-3)9-6-4-5-7-9/h8-10H,4-7H2,1-3H3. The fourth-order valence-electron chi connectivity index (χ4n) is 2.56. The number of ether oxygens (including phenoxy) is 2. The molecule has 0 bridgehead atoms. The van der Waals surface area contributed by atoms with Crippen LogP contribution < -0.4 is 0 Å². The molecule has 1 aliphatic rings. The smallest absolute Gasteiger partial charge is 0.318 e. The van der Waals surface area contributed by atoms with Crippen LogP contribution >= 0.6 is 0 Å². The highest BCUT2D eigenvalue weighted by atomic mass is 16.5. The summed E-state index contributed by atoms with van der Waals surface area (Å²) in [7, 11) is 2.97. The average molecular weight is 268 g/mol. The number of carbonyl (C=O) groups is 1. The zero-order chi connectivity index (χ0) is 13.8. The third-order valence-corrected chi connectivity index (χ3v) is 3.77. The summed E-state index contributed by atoms with van der Waals surface area (Å²) in [6.07, 6.45) is 4.01. The van der Waals surface area contributed by atoms with E-state index in [2.05, 4.69) is 10.1 Å². The first-order valence-corrected chi connectivity index (χ1v) is 6.61. The van der Waals surface area contributed by atoms with Crippen molar-refractivity contribution in [3.05, 3.63) is 11.7 Å². The molecular formula is C13H20N2O4. The SMILES string of the molecule is COC(=O)C(c1nc(C(C)OC)no1)C1CCCC1. The van der Waals surface area contributed by atoms with Crippen molar-refractivity contribution in [1.82, 2.24) is 10.1 Å². The van der Waals surface area contributed by atoms with E-state index in [1.807, 2.05) is 6.92 Å². The lowest BCUT2D eigenvalue weighted by atomic mass is 9.91. The minimum atomic E-state index is -0.446. The first-order valence-electron chi connectivity index (χ1n) is 6.61. The largest absolute Gasteiger partial charge is 0.468 e. The van der Waals surface area contributed by atoms with Crippen LogP contribution in [0.25, 0.3) is 0 Å². The molecule has 0 radical (unpaired) electrons. The molecule has 0 amide bonds. The third-order valence-electron chi connectivity index (χ3n) is 3.77. The first-order chi connectivity index (χ1) is 9.17. The fourth-order valence-corrected chi connectivity index (χ4v) is 2.56. The van der Waals surface area contributed by atoms with Crippen molar-refractivity contribution in [2.24, 2.45) is 5.92 Å². The molecule has 106 valence electrons. The van der Waals surface area contributed by atoms with Crippen LogP contribution in [0, 0.1) is 5.92 Å². The predicted molar refractivity (Wildman–Crippen MR) is 66.4 cm³/mol. The van der Waals surface area contributed by atoms with Gasteiger partial charge in [-0.15, -0.1) is 0 Å². The molecule has 0 spiro atoms. The molecule has 1 aromatic heterocycles. The predicted octanol–water partition coefficient (Wildman–Crippen LogP) is 2.22.